The summed E-state index contributed by atoms with van der Waals surface area (Å²) < 4.78 is 5.32. The zero-order chi connectivity index (χ0) is 17.7. The quantitative estimate of drug-likeness (QED) is 0.499. The number of hydrogen-bond donors (Lipinski definition) is 1. The van der Waals surface area contributed by atoms with Crippen molar-refractivity contribution in [1.29, 1.82) is 0 Å². The minimum absolute atomic E-state index is 0.0553. The minimum atomic E-state index is -0.502. The van der Waals surface area contributed by atoms with Gasteiger partial charge in [0.2, 0.25) is 0 Å². The van der Waals surface area contributed by atoms with Crippen molar-refractivity contribution in [3.8, 4) is 5.75 Å². The average Bonchev–Trinajstić information content (AvgIpc) is 2.55. The molecule has 2 rings (SSSR count). The molecule has 0 spiro atoms. The smallest absolute Gasteiger partial charge is 0.274 e. The summed E-state index contributed by atoms with van der Waals surface area (Å²) in [5.74, 6) is -0.0471. The Balaban J connectivity index is 1.95. The third kappa shape index (κ3) is 4.39. The fourth-order valence-electron chi connectivity index (χ4n) is 2.02. The van der Waals surface area contributed by atoms with Gasteiger partial charge in [-0.2, -0.15) is 0 Å². The number of nitrogens with zero attached hydrogens (tertiary/aromatic N) is 1. The van der Waals surface area contributed by atoms with Gasteiger partial charge in [0.1, 0.15) is 5.75 Å². The second-order valence-electron chi connectivity index (χ2n) is 5.18. The molecule has 0 aliphatic rings. The van der Waals surface area contributed by atoms with Crippen LogP contribution in [0, 0.1) is 17.0 Å². The molecule has 124 valence electrons. The van der Waals surface area contributed by atoms with E-state index >= 15 is 0 Å². The van der Waals surface area contributed by atoms with E-state index in [0.29, 0.717) is 22.6 Å². The van der Waals surface area contributed by atoms with Gasteiger partial charge in [-0.15, -0.1) is 0 Å². The number of amides is 1. The fraction of sp³-hybridized carbons (Fsp3) is 0.176. The molecule has 0 aromatic heterocycles. The number of carbonyl (C=O) groups excluding carboxylic acids is 2. The number of nitro groups is 1. The number of anilines is 1. The summed E-state index contributed by atoms with van der Waals surface area (Å²) in [4.78, 5) is 33.4. The molecule has 0 radical (unpaired) electrons. The normalized spacial score (nSPS) is 10.1. The topological polar surface area (TPSA) is 98.5 Å². The highest BCUT2D eigenvalue weighted by Crippen LogP contribution is 2.22. The molecule has 0 unspecified atom stereocenters. The van der Waals surface area contributed by atoms with Crippen LogP contribution in [0.3, 0.4) is 0 Å². The Hall–Kier alpha value is -3.22. The van der Waals surface area contributed by atoms with Gasteiger partial charge in [0.25, 0.3) is 11.6 Å². The van der Waals surface area contributed by atoms with Crippen LogP contribution < -0.4 is 10.1 Å². The number of carbonyl (C=O) groups is 2. The number of ketones is 1. The molecule has 2 aromatic carbocycles. The van der Waals surface area contributed by atoms with Crippen molar-refractivity contribution in [3.63, 3.8) is 0 Å². The van der Waals surface area contributed by atoms with Crippen molar-refractivity contribution < 1.29 is 19.2 Å². The Morgan fingerprint density at radius 2 is 1.83 bits per heavy atom. The number of hydrogen-bond acceptors (Lipinski definition) is 5. The van der Waals surface area contributed by atoms with E-state index in [4.69, 9.17) is 4.74 Å². The average molecular weight is 328 g/mol. The summed E-state index contributed by atoms with van der Waals surface area (Å²) >= 11 is 0. The van der Waals surface area contributed by atoms with Crippen LogP contribution in [0.25, 0.3) is 0 Å². The van der Waals surface area contributed by atoms with Gasteiger partial charge in [0, 0.05) is 22.9 Å². The lowest BCUT2D eigenvalue weighted by Crippen LogP contribution is -2.20. The minimum Gasteiger partial charge on any atom is -0.484 e. The van der Waals surface area contributed by atoms with Gasteiger partial charge in [0.15, 0.2) is 12.4 Å². The predicted octanol–water partition coefficient (Wildman–Crippen LogP) is 3.12. The summed E-state index contributed by atoms with van der Waals surface area (Å²) in [6.45, 7) is 2.84. The van der Waals surface area contributed by atoms with Crippen LogP contribution in [-0.4, -0.2) is 23.2 Å². The molecule has 24 heavy (non-hydrogen) atoms. The van der Waals surface area contributed by atoms with Crippen LogP contribution in [0.5, 0.6) is 5.75 Å². The molecule has 0 aliphatic carbocycles. The number of aryl methyl sites for hydroxylation is 1. The summed E-state index contributed by atoms with van der Waals surface area (Å²) in [6, 6.07) is 10.9. The number of ether oxygens (including phenoxy) is 1. The summed E-state index contributed by atoms with van der Waals surface area (Å²) in [5, 5.41) is 13.4. The van der Waals surface area contributed by atoms with Crippen LogP contribution in [0.15, 0.2) is 42.5 Å². The zero-order valence-electron chi connectivity index (χ0n) is 13.2. The van der Waals surface area contributed by atoms with Crippen LogP contribution in [0.4, 0.5) is 11.4 Å². The van der Waals surface area contributed by atoms with Crippen molar-refractivity contribution in [2.75, 3.05) is 11.9 Å². The molecule has 1 N–H and O–H groups in total. The van der Waals surface area contributed by atoms with Gasteiger partial charge in [-0.3, -0.25) is 19.7 Å². The molecular weight excluding hydrogens is 312 g/mol. The lowest BCUT2D eigenvalue weighted by molar-refractivity contribution is -0.385. The monoisotopic (exact) mass is 328 g/mol. The molecular formula is C17H16N2O5. The van der Waals surface area contributed by atoms with Crippen LogP contribution in [0.2, 0.25) is 0 Å². The number of benzene rings is 2. The molecule has 0 bridgehead atoms. The van der Waals surface area contributed by atoms with E-state index in [-0.39, 0.29) is 18.1 Å². The van der Waals surface area contributed by atoms with Crippen LogP contribution in [-0.2, 0) is 4.79 Å². The molecule has 7 nitrogen and oxygen atoms in total. The van der Waals surface area contributed by atoms with Crippen LogP contribution >= 0.6 is 0 Å². The van der Waals surface area contributed by atoms with E-state index in [2.05, 4.69) is 5.32 Å². The Kier molecular flexibility index (Phi) is 5.26. The maximum Gasteiger partial charge on any atom is 0.274 e. The number of Topliss-reactive ketones (excluding diaryl/α,β-unsaturated/α-hetero) is 1. The molecule has 0 fully saturated rings. The lowest BCUT2D eigenvalue weighted by Gasteiger charge is -2.08. The Labute approximate surface area is 138 Å². The molecule has 2 aromatic rings. The SMILES string of the molecule is CC(=O)c1ccc(OCC(=O)Nc2ccc(C)c([N+](=O)[O-])c2)cc1. The van der Waals surface area contributed by atoms with E-state index in [0.717, 1.165) is 0 Å². The number of rotatable bonds is 6. The van der Waals surface area contributed by atoms with E-state index in [1.54, 1.807) is 43.3 Å². The van der Waals surface area contributed by atoms with Gasteiger partial charge in [-0.25, -0.2) is 0 Å². The number of nitrogens with one attached hydrogen (secondary N) is 1. The molecule has 0 aliphatic heterocycles. The largest absolute Gasteiger partial charge is 0.484 e. The van der Waals surface area contributed by atoms with Crippen molar-refractivity contribution in [2.24, 2.45) is 0 Å². The third-order valence-electron chi connectivity index (χ3n) is 3.32. The van der Waals surface area contributed by atoms with E-state index in [9.17, 15) is 19.7 Å². The van der Waals surface area contributed by atoms with E-state index < -0.39 is 10.8 Å². The summed E-state index contributed by atoms with van der Waals surface area (Å²) in [7, 11) is 0. The first-order valence-corrected chi connectivity index (χ1v) is 7.15. The molecule has 7 heteroatoms. The molecule has 0 heterocycles. The maximum atomic E-state index is 11.9. The van der Waals surface area contributed by atoms with Gasteiger partial charge in [-0.05, 0) is 44.2 Å². The van der Waals surface area contributed by atoms with Gasteiger partial charge in [0.05, 0.1) is 4.92 Å². The van der Waals surface area contributed by atoms with Crippen molar-refractivity contribution >= 4 is 23.1 Å². The predicted molar refractivity (Wildman–Crippen MR) is 88.4 cm³/mol. The number of nitro benzene ring substituents is 1. The molecule has 0 atom stereocenters. The Morgan fingerprint density at radius 1 is 1.17 bits per heavy atom. The summed E-state index contributed by atoms with van der Waals surface area (Å²) in [5.41, 5.74) is 1.33. The van der Waals surface area contributed by atoms with E-state index in [1.165, 1.54) is 13.0 Å². The first-order chi connectivity index (χ1) is 11.4. The second kappa shape index (κ2) is 7.36. The van der Waals surface area contributed by atoms with Crippen molar-refractivity contribution in [2.45, 2.75) is 13.8 Å². The molecule has 0 saturated heterocycles. The Morgan fingerprint density at radius 3 is 2.42 bits per heavy atom. The van der Waals surface area contributed by atoms with Crippen molar-refractivity contribution in [3.05, 3.63) is 63.7 Å². The van der Waals surface area contributed by atoms with Gasteiger partial charge in [-0.1, -0.05) is 6.07 Å². The van der Waals surface area contributed by atoms with Crippen molar-refractivity contribution in [1.82, 2.24) is 0 Å². The van der Waals surface area contributed by atoms with E-state index in [1.807, 2.05) is 0 Å². The first kappa shape index (κ1) is 17.1. The van der Waals surface area contributed by atoms with Gasteiger partial charge < -0.3 is 10.1 Å². The highest BCUT2D eigenvalue weighted by Gasteiger charge is 2.12. The standard InChI is InChI=1S/C17H16N2O5/c1-11-3-6-14(9-16(11)19(22)23)18-17(21)10-24-15-7-4-13(5-8-15)12(2)20/h3-9H,10H2,1-2H3,(H,18,21). The third-order valence-corrected chi connectivity index (χ3v) is 3.32. The fourth-order valence-corrected chi connectivity index (χ4v) is 2.02. The zero-order valence-corrected chi connectivity index (χ0v) is 13.2. The van der Waals surface area contributed by atoms with Crippen LogP contribution in [0.1, 0.15) is 22.8 Å². The first-order valence-electron chi connectivity index (χ1n) is 7.15. The molecule has 1 amide bonds. The maximum absolute atomic E-state index is 11.9. The van der Waals surface area contributed by atoms with Gasteiger partial charge >= 0.3 is 0 Å². The lowest BCUT2D eigenvalue weighted by atomic mass is 10.1. The summed E-state index contributed by atoms with van der Waals surface area (Å²) in [6.07, 6.45) is 0. The Bertz CT molecular complexity index is 784. The highest BCUT2D eigenvalue weighted by molar-refractivity contribution is 5.94. The highest BCUT2D eigenvalue weighted by atomic mass is 16.6. The second-order valence-corrected chi connectivity index (χ2v) is 5.18. The molecule has 0 saturated carbocycles.